The summed E-state index contributed by atoms with van der Waals surface area (Å²) >= 11 is 0. The second kappa shape index (κ2) is 8.51. The molecule has 0 aliphatic rings. The number of hydrogen-bond acceptors (Lipinski definition) is 8. The zero-order chi connectivity index (χ0) is 23.6. The molecular formula is C21H15N5O6S. The highest BCUT2D eigenvalue weighted by molar-refractivity contribution is 7.92. The fourth-order valence-corrected chi connectivity index (χ4v) is 4.02. The first-order valence-electron chi connectivity index (χ1n) is 9.37. The van der Waals surface area contributed by atoms with Gasteiger partial charge in [-0.05, 0) is 36.4 Å². The van der Waals surface area contributed by atoms with Crippen LogP contribution < -0.4 is 10.0 Å². The van der Waals surface area contributed by atoms with Gasteiger partial charge in [0.05, 0.1) is 26.4 Å². The molecule has 0 bridgehead atoms. The average Bonchev–Trinajstić information content (AvgIpc) is 2.79. The van der Waals surface area contributed by atoms with Gasteiger partial charge in [0.25, 0.3) is 15.7 Å². The second-order valence-corrected chi connectivity index (χ2v) is 8.46. The number of carbonyl (C=O) groups is 1. The molecule has 166 valence electrons. The highest BCUT2D eigenvalue weighted by Gasteiger charge is 2.21. The van der Waals surface area contributed by atoms with Gasteiger partial charge in [0, 0.05) is 17.8 Å². The van der Waals surface area contributed by atoms with E-state index >= 15 is 0 Å². The molecule has 0 fully saturated rings. The van der Waals surface area contributed by atoms with Crippen molar-refractivity contribution in [2.45, 2.75) is 4.90 Å². The molecule has 1 heterocycles. The molecule has 4 aromatic rings. The summed E-state index contributed by atoms with van der Waals surface area (Å²) in [4.78, 5) is 30.0. The lowest BCUT2D eigenvalue weighted by atomic mass is 10.2. The Bertz CT molecular complexity index is 1510. The van der Waals surface area contributed by atoms with E-state index < -0.39 is 20.9 Å². The van der Waals surface area contributed by atoms with E-state index in [1.54, 1.807) is 30.3 Å². The molecule has 11 nitrogen and oxygen atoms in total. The summed E-state index contributed by atoms with van der Waals surface area (Å²) in [5.74, 6) is -1.28. The molecule has 3 N–H and O–H groups in total. The smallest absolute Gasteiger partial charge is 0.335 e. The normalized spacial score (nSPS) is 11.2. The van der Waals surface area contributed by atoms with Gasteiger partial charge in [-0.1, -0.05) is 24.3 Å². The molecule has 0 amide bonds. The van der Waals surface area contributed by atoms with Gasteiger partial charge in [-0.15, -0.1) is 0 Å². The lowest BCUT2D eigenvalue weighted by molar-refractivity contribution is -0.385. The fourth-order valence-electron chi connectivity index (χ4n) is 2.98. The molecule has 0 atom stereocenters. The lowest BCUT2D eigenvalue weighted by Crippen LogP contribution is -2.16. The first-order chi connectivity index (χ1) is 15.7. The summed E-state index contributed by atoms with van der Waals surface area (Å²) in [6.07, 6.45) is 0. The van der Waals surface area contributed by atoms with Crippen molar-refractivity contribution in [2.75, 3.05) is 10.0 Å². The van der Waals surface area contributed by atoms with Crippen LogP contribution in [0.25, 0.3) is 11.0 Å². The van der Waals surface area contributed by atoms with Gasteiger partial charge in [0.1, 0.15) is 0 Å². The van der Waals surface area contributed by atoms with E-state index in [-0.39, 0.29) is 27.8 Å². The van der Waals surface area contributed by atoms with Gasteiger partial charge >= 0.3 is 5.97 Å². The Kier molecular flexibility index (Phi) is 5.58. The fraction of sp³-hybridized carbons (Fsp3) is 0. The van der Waals surface area contributed by atoms with Gasteiger partial charge in [0.2, 0.25) is 0 Å². The number of nitro benzene ring substituents is 1. The molecule has 3 aromatic carbocycles. The predicted molar refractivity (Wildman–Crippen MR) is 120 cm³/mol. The van der Waals surface area contributed by atoms with E-state index in [9.17, 15) is 28.4 Å². The maximum atomic E-state index is 13.0. The van der Waals surface area contributed by atoms with Crippen LogP contribution in [-0.2, 0) is 10.0 Å². The summed E-state index contributed by atoms with van der Waals surface area (Å²) in [6.45, 7) is 0. The van der Waals surface area contributed by atoms with Crippen molar-refractivity contribution in [3.63, 3.8) is 0 Å². The van der Waals surface area contributed by atoms with Crippen LogP contribution in [0.4, 0.5) is 23.0 Å². The van der Waals surface area contributed by atoms with E-state index in [0.29, 0.717) is 16.7 Å². The number of hydrogen-bond donors (Lipinski definition) is 3. The van der Waals surface area contributed by atoms with Crippen LogP contribution in [-0.4, -0.2) is 34.4 Å². The van der Waals surface area contributed by atoms with E-state index in [2.05, 4.69) is 20.0 Å². The van der Waals surface area contributed by atoms with Gasteiger partial charge in [0.15, 0.2) is 11.6 Å². The summed E-state index contributed by atoms with van der Waals surface area (Å²) in [6, 6.07) is 17.2. The third-order valence-electron chi connectivity index (χ3n) is 4.51. The molecule has 12 heteroatoms. The quantitative estimate of drug-likeness (QED) is 0.272. The summed E-state index contributed by atoms with van der Waals surface area (Å²) in [5, 5.41) is 23.1. The van der Waals surface area contributed by atoms with Crippen LogP contribution in [0.3, 0.4) is 0 Å². The zero-order valence-corrected chi connectivity index (χ0v) is 17.5. The number of carboxylic acid groups (broad SMARTS) is 1. The molecule has 33 heavy (non-hydrogen) atoms. The first kappa shape index (κ1) is 21.6. The van der Waals surface area contributed by atoms with Crippen LogP contribution >= 0.6 is 0 Å². The van der Waals surface area contributed by atoms with Gasteiger partial charge in [-0.25, -0.2) is 23.2 Å². The number of sulfonamides is 1. The maximum Gasteiger partial charge on any atom is 0.335 e. The minimum Gasteiger partial charge on any atom is -0.478 e. The molecule has 0 saturated carbocycles. The number of benzene rings is 3. The number of non-ortho nitro benzene ring substituents is 1. The SMILES string of the molecule is O=C(O)c1cccc(Nc2nc3ccccc3nc2NS(=O)(=O)c2cccc([N+](=O)[O-])c2)c1. The van der Waals surface area contributed by atoms with Crippen LogP contribution in [0.1, 0.15) is 10.4 Å². The maximum absolute atomic E-state index is 13.0. The van der Waals surface area contributed by atoms with Crippen molar-refractivity contribution in [3.05, 3.63) is 88.5 Å². The zero-order valence-electron chi connectivity index (χ0n) is 16.7. The lowest BCUT2D eigenvalue weighted by Gasteiger charge is -2.14. The van der Waals surface area contributed by atoms with E-state index in [0.717, 1.165) is 6.07 Å². The Balaban J connectivity index is 1.78. The van der Waals surface area contributed by atoms with Crippen molar-refractivity contribution in [1.82, 2.24) is 9.97 Å². The number of nitro groups is 1. The highest BCUT2D eigenvalue weighted by atomic mass is 32.2. The molecule has 0 unspecified atom stereocenters. The molecule has 0 aliphatic carbocycles. The number of nitrogens with zero attached hydrogens (tertiary/aromatic N) is 3. The van der Waals surface area contributed by atoms with Gasteiger partial charge in [-0.2, -0.15) is 0 Å². The monoisotopic (exact) mass is 465 g/mol. The molecule has 1 aromatic heterocycles. The molecule has 0 saturated heterocycles. The van der Waals surface area contributed by atoms with Crippen LogP contribution in [0.2, 0.25) is 0 Å². The number of fused-ring (bicyclic) bond motifs is 1. The van der Waals surface area contributed by atoms with E-state index in [4.69, 9.17) is 0 Å². The Hall–Kier alpha value is -4.58. The van der Waals surface area contributed by atoms with Crippen molar-refractivity contribution in [3.8, 4) is 0 Å². The molecule has 0 spiro atoms. The van der Waals surface area contributed by atoms with Crippen molar-refractivity contribution < 1.29 is 23.2 Å². The van der Waals surface area contributed by atoms with E-state index in [1.165, 1.54) is 36.4 Å². The predicted octanol–water partition coefficient (Wildman–Crippen LogP) is 3.78. The number of nitrogens with one attached hydrogen (secondary N) is 2. The summed E-state index contributed by atoms with van der Waals surface area (Å²) in [7, 11) is -4.27. The van der Waals surface area contributed by atoms with Crippen molar-refractivity contribution >= 4 is 50.0 Å². The van der Waals surface area contributed by atoms with Crippen LogP contribution in [0, 0.1) is 10.1 Å². The average molecular weight is 465 g/mol. The van der Waals surface area contributed by atoms with Crippen LogP contribution in [0.5, 0.6) is 0 Å². The minimum absolute atomic E-state index is 0.0187. The Morgan fingerprint density at radius 2 is 1.58 bits per heavy atom. The second-order valence-electron chi connectivity index (χ2n) is 6.78. The minimum atomic E-state index is -4.27. The van der Waals surface area contributed by atoms with Crippen LogP contribution in [0.15, 0.2) is 77.7 Å². The molecule has 4 rings (SSSR count). The first-order valence-corrected chi connectivity index (χ1v) is 10.9. The summed E-state index contributed by atoms with van der Waals surface area (Å²) < 4.78 is 28.2. The standard InChI is InChI=1S/C21H15N5O6S/c27-21(28)13-5-3-6-14(11-13)22-19-20(24-18-10-2-1-9-17(18)23-19)25-33(31,32)16-8-4-7-15(12-16)26(29)30/h1-12H,(H,22,23)(H,24,25)(H,27,28). The molecular weight excluding hydrogens is 450 g/mol. The Labute approximate surface area is 187 Å². The largest absolute Gasteiger partial charge is 0.478 e. The molecule has 0 aliphatic heterocycles. The van der Waals surface area contributed by atoms with Gasteiger partial charge < -0.3 is 10.4 Å². The molecule has 0 radical (unpaired) electrons. The van der Waals surface area contributed by atoms with Gasteiger partial charge in [-0.3, -0.25) is 14.8 Å². The highest BCUT2D eigenvalue weighted by Crippen LogP contribution is 2.28. The van der Waals surface area contributed by atoms with Crippen molar-refractivity contribution in [1.29, 1.82) is 0 Å². The number of rotatable bonds is 7. The van der Waals surface area contributed by atoms with Crippen molar-refractivity contribution in [2.24, 2.45) is 0 Å². The van der Waals surface area contributed by atoms with E-state index in [1.807, 2.05) is 0 Å². The topological polar surface area (TPSA) is 164 Å². The third-order valence-corrected chi connectivity index (χ3v) is 5.85. The third kappa shape index (κ3) is 4.70. The number of anilines is 3. The number of para-hydroxylation sites is 2. The number of carboxylic acids is 1. The Morgan fingerprint density at radius 3 is 2.24 bits per heavy atom. The number of aromatic carboxylic acids is 1. The number of aromatic nitrogens is 2. The Morgan fingerprint density at radius 1 is 0.909 bits per heavy atom. The summed E-state index contributed by atoms with van der Waals surface area (Å²) in [5.41, 5.74) is 0.848.